The first-order chi connectivity index (χ1) is 19.1. The molecule has 0 aromatic heterocycles. The fraction of sp³-hybridized carbons (Fsp3) is 0.704. The van der Waals surface area contributed by atoms with E-state index in [1.54, 1.807) is 17.0 Å². The van der Waals surface area contributed by atoms with Crippen LogP contribution in [0.2, 0.25) is 0 Å². The predicted molar refractivity (Wildman–Crippen MR) is 141 cm³/mol. The number of nitrogens with zero attached hydrogens (tertiary/aromatic N) is 2. The molecular weight excluding hydrogens is 529 g/mol. The molecule has 0 unspecified atom stereocenters. The molecule has 2 heterocycles. The van der Waals surface area contributed by atoms with E-state index in [2.05, 4.69) is 5.32 Å². The Morgan fingerprint density at radius 3 is 2.33 bits per heavy atom. The minimum absolute atomic E-state index is 0.0490. The normalized spacial score (nSPS) is 19.6. The van der Waals surface area contributed by atoms with E-state index < -0.39 is 42.9 Å². The first-order valence-electron chi connectivity index (χ1n) is 13.8. The lowest BCUT2D eigenvalue weighted by atomic mass is 9.92. The van der Waals surface area contributed by atoms with Crippen molar-refractivity contribution in [1.82, 2.24) is 15.1 Å². The van der Waals surface area contributed by atoms with E-state index in [9.17, 15) is 34.4 Å². The van der Waals surface area contributed by atoms with Crippen LogP contribution in [0, 0.1) is 17.7 Å². The number of carbonyl (C=O) groups is 2. The molecular formula is C27H42FN3O9. The van der Waals surface area contributed by atoms with Crippen molar-refractivity contribution < 1.29 is 49.4 Å². The molecule has 0 spiro atoms. The zero-order chi connectivity index (χ0) is 29.2. The lowest BCUT2D eigenvalue weighted by Gasteiger charge is -2.39. The maximum atomic E-state index is 14.6. The van der Waals surface area contributed by atoms with Crippen LogP contribution in [-0.2, 0) is 11.2 Å². The van der Waals surface area contributed by atoms with Crippen LogP contribution in [0.25, 0.3) is 0 Å². The third-order valence-electron chi connectivity index (χ3n) is 7.70. The zero-order valence-corrected chi connectivity index (χ0v) is 22.6. The van der Waals surface area contributed by atoms with Crippen LogP contribution in [-0.4, -0.2) is 129 Å². The van der Waals surface area contributed by atoms with Crippen molar-refractivity contribution in [2.45, 2.75) is 56.5 Å². The number of rotatable bonds is 15. The van der Waals surface area contributed by atoms with E-state index in [1.807, 2.05) is 0 Å². The van der Waals surface area contributed by atoms with Crippen LogP contribution >= 0.6 is 0 Å². The van der Waals surface area contributed by atoms with Crippen molar-refractivity contribution >= 4 is 12.0 Å². The van der Waals surface area contributed by atoms with Crippen molar-refractivity contribution in [2.24, 2.45) is 11.8 Å². The first-order valence-corrected chi connectivity index (χ1v) is 13.8. The summed E-state index contributed by atoms with van der Waals surface area (Å²) in [5.74, 6) is 0.273. The minimum Gasteiger partial charge on any atom is -0.493 e. The van der Waals surface area contributed by atoms with E-state index in [4.69, 9.17) is 14.9 Å². The fourth-order valence-corrected chi connectivity index (χ4v) is 5.03. The molecule has 4 atom stereocenters. The SMILES string of the molecule is O=C(O)N1CCC(CCCOc2ccc(CC(=O)N3CC(CNC[C@H](O)[C@@H](O)[C@H](O)[C@H](O)CO)C3)c(F)c2)CC1. The molecule has 2 fully saturated rings. The highest BCUT2D eigenvalue weighted by atomic mass is 19.1. The van der Waals surface area contributed by atoms with Crippen LogP contribution in [0.5, 0.6) is 5.75 Å². The summed E-state index contributed by atoms with van der Waals surface area (Å²) in [6.07, 6.45) is -3.76. The molecule has 7 N–H and O–H groups in total. The highest BCUT2D eigenvalue weighted by Gasteiger charge is 2.32. The lowest BCUT2D eigenvalue weighted by Crippen LogP contribution is -2.55. The number of benzene rings is 1. The van der Waals surface area contributed by atoms with Gasteiger partial charge >= 0.3 is 6.09 Å². The number of aliphatic hydroxyl groups is 5. The molecule has 226 valence electrons. The number of ether oxygens (including phenoxy) is 1. The average molecular weight is 572 g/mol. The second kappa shape index (κ2) is 15.5. The second-order valence-electron chi connectivity index (χ2n) is 10.8. The van der Waals surface area contributed by atoms with Gasteiger partial charge in [0.1, 0.15) is 29.9 Å². The smallest absolute Gasteiger partial charge is 0.407 e. The summed E-state index contributed by atoms with van der Waals surface area (Å²) in [6, 6.07) is 4.49. The molecule has 2 aliphatic heterocycles. The van der Waals surface area contributed by atoms with Gasteiger partial charge in [-0.3, -0.25) is 4.79 Å². The number of halogens is 1. The Kier molecular flexibility index (Phi) is 12.3. The van der Waals surface area contributed by atoms with Gasteiger partial charge in [-0.05, 0) is 43.2 Å². The zero-order valence-electron chi connectivity index (χ0n) is 22.6. The van der Waals surface area contributed by atoms with Crippen LogP contribution in [0.15, 0.2) is 18.2 Å². The number of nitrogens with one attached hydrogen (secondary N) is 1. The molecule has 1 aromatic carbocycles. The van der Waals surface area contributed by atoms with Gasteiger partial charge < -0.3 is 50.5 Å². The van der Waals surface area contributed by atoms with Gasteiger partial charge in [0.15, 0.2) is 0 Å². The van der Waals surface area contributed by atoms with Gasteiger partial charge in [0.25, 0.3) is 0 Å². The van der Waals surface area contributed by atoms with Crippen molar-refractivity contribution in [3.8, 4) is 5.75 Å². The molecule has 1 aromatic rings. The van der Waals surface area contributed by atoms with Gasteiger partial charge in [-0.1, -0.05) is 6.07 Å². The van der Waals surface area contributed by atoms with Crippen molar-refractivity contribution in [3.63, 3.8) is 0 Å². The summed E-state index contributed by atoms with van der Waals surface area (Å²) < 4.78 is 20.3. The number of carbonyl (C=O) groups excluding carboxylic acids is 1. The molecule has 13 heteroatoms. The monoisotopic (exact) mass is 571 g/mol. The van der Waals surface area contributed by atoms with E-state index >= 15 is 0 Å². The highest BCUT2D eigenvalue weighted by Crippen LogP contribution is 2.24. The Hall–Kier alpha value is -2.55. The molecule has 40 heavy (non-hydrogen) atoms. The first kappa shape index (κ1) is 32.0. The third kappa shape index (κ3) is 9.25. The number of amides is 2. The molecule has 2 aliphatic rings. The number of likely N-dealkylation sites (tertiary alicyclic amines) is 2. The summed E-state index contributed by atoms with van der Waals surface area (Å²) in [4.78, 5) is 26.6. The van der Waals surface area contributed by atoms with Crippen molar-refractivity contribution in [1.29, 1.82) is 0 Å². The van der Waals surface area contributed by atoms with Crippen molar-refractivity contribution in [2.75, 3.05) is 52.5 Å². The van der Waals surface area contributed by atoms with Gasteiger partial charge in [0.05, 0.1) is 25.7 Å². The van der Waals surface area contributed by atoms with Gasteiger partial charge in [-0.25, -0.2) is 9.18 Å². The maximum absolute atomic E-state index is 14.6. The molecule has 3 rings (SSSR count). The summed E-state index contributed by atoms with van der Waals surface area (Å²) >= 11 is 0. The minimum atomic E-state index is -1.68. The van der Waals surface area contributed by atoms with E-state index in [0.717, 1.165) is 25.7 Å². The van der Waals surface area contributed by atoms with Crippen molar-refractivity contribution in [3.05, 3.63) is 29.6 Å². The third-order valence-corrected chi connectivity index (χ3v) is 7.70. The largest absolute Gasteiger partial charge is 0.493 e. The van der Waals surface area contributed by atoms with Gasteiger partial charge in [-0.15, -0.1) is 0 Å². The van der Waals surface area contributed by atoms with Crippen LogP contribution in [0.1, 0.15) is 31.2 Å². The van der Waals surface area contributed by atoms with E-state index in [0.29, 0.717) is 51.0 Å². The Balaban J connectivity index is 1.29. The molecule has 2 amide bonds. The van der Waals surface area contributed by atoms with E-state index in [1.165, 1.54) is 11.0 Å². The van der Waals surface area contributed by atoms with Gasteiger partial charge in [0.2, 0.25) is 5.91 Å². The van der Waals surface area contributed by atoms with Crippen LogP contribution < -0.4 is 10.1 Å². The Labute approximate surface area is 233 Å². The number of aliphatic hydroxyl groups excluding tert-OH is 5. The Bertz CT molecular complexity index is 957. The number of hydrogen-bond donors (Lipinski definition) is 7. The molecule has 0 bridgehead atoms. The average Bonchev–Trinajstić information content (AvgIpc) is 2.92. The summed E-state index contributed by atoms with van der Waals surface area (Å²) in [5, 5.41) is 59.5. The molecule has 2 saturated heterocycles. The Morgan fingerprint density at radius 2 is 1.70 bits per heavy atom. The fourth-order valence-electron chi connectivity index (χ4n) is 5.03. The Morgan fingerprint density at radius 1 is 1.02 bits per heavy atom. The van der Waals surface area contributed by atoms with Crippen LogP contribution in [0.3, 0.4) is 0 Å². The molecule has 0 radical (unpaired) electrons. The number of hydrogen-bond acceptors (Lipinski definition) is 9. The number of piperidine rings is 1. The van der Waals surface area contributed by atoms with Gasteiger partial charge in [0, 0.05) is 51.3 Å². The predicted octanol–water partition coefficient (Wildman–Crippen LogP) is -0.599. The lowest BCUT2D eigenvalue weighted by molar-refractivity contribution is -0.136. The van der Waals surface area contributed by atoms with E-state index in [-0.39, 0.29) is 30.4 Å². The standard InChI is InChI=1S/C27H42FN3O9/c28-21-11-20(40-9-1-2-17-5-7-30(8-6-17)27(38)39)4-3-19(21)10-24(35)31-14-18(15-31)12-29-13-22(33)25(36)26(37)23(34)16-32/h3-4,11,17-18,22-23,25-26,29,32-34,36-37H,1-2,5-10,12-16H2,(H,38,39)/t22-,23+,25+,26+/m0/s1. The van der Waals surface area contributed by atoms with Gasteiger partial charge in [-0.2, -0.15) is 0 Å². The molecule has 0 aliphatic carbocycles. The molecule has 0 saturated carbocycles. The summed E-state index contributed by atoms with van der Waals surface area (Å²) in [6.45, 7) is 2.14. The quantitative estimate of drug-likeness (QED) is 0.134. The highest BCUT2D eigenvalue weighted by molar-refractivity contribution is 5.79. The van der Waals surface area contributed by atoms with Crippen LogP contribution in [0.4, 0.5) is 9.18 Å². The second-order valence-corrected chi connectivity index (χ2v) is 10.8. The summed E-state index contributed by atoms with van der Waals surface area (Å²) in [5.41, 5.74) is 0.282. The maximum Gasteiger partial charge on any atom is 0.407 e. The topological polar surface area (TPSA) is 183 Å². The summed E-state index contributed by atoms with van der Waals surface area (Å²) in [7, 11) is 0. The molecule has 12 nitrogen and oxygen atoms in total. The number of carboxylic acid groups (broad SMARTS) is 1.